The van der Waals surface area contributed by atoms with Gasteiger partial charge in [0.25, 0.3) is 0 Å². The van der Waals surface area contributed by atoms with Crippen LogP contribution in [0.4, 0.5) is 0 Å². The van der Waals surface area contributed by atoms with Crippen molar-refractivity contribution >= 4 is 10.9 Å². The molecule has 2 heterocycles. The minimum atomic E-state index is 0.0238. The van der Waals surface area contributed by atoms with Crippen molar-refractivity contribution in [3.63, 3.8) is 0 Å². The molecule has 90 valence electrons. The van der Waals surface area contributed by atoms with Crippen LogP contribution in [0, 0.1) is 0 Å². The summed E-state index contributed by atoms with van der Waals surface area (Å²) in [5, 5.41) is 1.31. The Kier molecular flexibility index (Phi) is 2.48. The van der Waals surface area contributed by atoms with Gasteiger partial charge in [0.1, 0.15) is 0 Å². The van der Waals surface area contributed by atoms with Gasteiger partial charge < -0.3 is 9.72 Å². The molecule has 0 unspecified atom stereocenters. The second-order valence-electron chi connectivity index (χ2n) is 5.62. The third kappa shape index (κ3) is 2.09. The van der Waals surface area contributed by atoms with Crippen molar-refractivity contribution in [2.45, 2.75) is 38.2 Å². The maximum atomic E-state index is 5.78. The van der Waals surface area contributed by atoms with Crippen LogP contribution in [0.3, 0.4) is 0 Å². The van der Waals surface area contributed by atoms with Gasteiger partial charge in [-0.2, -0.15) is 0 Å². The molecule has 0 spiro atoms. The van der Waals surface area contributed by atoms with Crippen LogP contribution in [0.2, 0.25) is 0 Å². The lowest BCUT2D eigenvalue weighted by Crippen LogP contribution is -2.32. The van der Waals surface area contributed by atoms with E-state index in [2.05, 4.69) is 43.1 Å². The molecule has 0 radical (unpaired) electrons. The molecule has 1 aliphatic heterocycles. The number of nitrogens with one attached hydrogen (secondary N) is 1. The first-order valence-electron chi connectivity index (χ1n) is 6.35. The Morgan fingerprint density at radius 1 is 1.29 bits per heavy atom. The normalized spacial score (nSPS) is 24.0. The zero-order valence-corrected chi connectivity index (χ0v) is 10.5. The summed E-state index contributed by atoms with van der Waals surface area (Å²) in [6, 6.07) is 8.90. The van der Waals surface area contributed by atoms with Gasteiger partial charge in [-0.05, 0) is 61.8 Å². The standard InChI is InChI=1S/C15H19NO/c1-15(2)10-13(6-8-17-15)11-3-4-14-12(9-11)5-7-16-14/h3-5,7,9,13,16H,6,8,10H2,1-2H3/t13-/m0/s1. The van der Waals surface area contributed by atoms with Crippen LogP contribution in [0.25, 0.3) is 10.9 Å². The highest BCUT2D eigenvalue weighted by Crippen LogP contribution is 2.36. The van der Waals surface area contributed by atoms with Gasteiger partial charge in [0.15, 0.2) is 0 Å². The number of benzene rings is 1. The number of aromatic amines is 1. The lowest BCUT2D eigenvalue weighted by molar-refractivity contribution is -0.0592. The van der Waals surface area contributed by atoms with Gasteiger partial charge in [0.2, 0.25) is 0 Å². The number of hydrogen-bond donors (Lipinski definition) is 1. The van der Waals surface area contributed by atoms with E-state index in [4.69, 9.17) is 4.74 Å². The summed E-state index contributed by atoms with van der Waals surface area (Å²) >= 11 is 0. The zero-order valence-electron chi connectivity index (χ0n) is 10.5. The van der Waals surface area contributed by atoms with Gasteiger partial charge >= 0.3 is 0 Å². The SMILES string of the molecule is CC1(C)C[C@@H](c2ccc3[nH]ccc3c2)CCO1. The highest BCUT2D eigenvalue weighted by atomic mass is 16.5. The number of fused-ring (bicyclic) bond motifs is 1. The van der Waals surface area contributed by atoms with E-state index in [-0.39, 0.29) is 5.60 Å². The summed E-state index contributed by atoms with van der Waals surface area (Å²) in [6.07, 6.45) is 4.25. The topological polar surface area (TPSA) is 25.0 Å². The predicted octanol–water partition coefficient (Wildman–Crippen LogP) is 3.84. The molecule has 0 amide bonds. The van der Waals surface area contributed by atoms with Crippen LogP contribution in [0.15, 0.2) is 30.5 Å². The molecule has 17 heavy (non-hydrogen) atoms. The number of ether oxygens (including phenoxy) is 1. The molecule has 2 aromatic rings. The van der Waals surface area contributed by atoms with Crippen molar-refractivity contribution in [2.24, 2.45) is 0 Å². The maximum absolute atomic E-state index is 5.78. The maximum Gasteiger partial charge on any atom is 0.0632 e. The third-order valence-corrected chi connectivity index (χ3v) is 3.75. The molecular formula is C15H19NO. The van der Waals surface area contributed by atoms with Crippen molar-refractivity contribution in [2.75, 3.05) is 6.61 Å². The molecule has 1 N–H and O–H groups in total. The fourth-order valence-electron chi connectivity index (χ4n) is 2.84. The Labute approximate surface area is 102 Å². The smallest absolute Gasteiger partial charge is 0.0632 e. The largest absolute Gasteiger partial charge is 0.376 e. The summed E-state index contributed by atoms with van der Waals surface area (Å²) < 4.78 is 5.78. The van der Waals surface area contributed by atoms with Crippen LogP contribution in [-0.2, 0) is 4.74 Å². The summed E-state index contributed by atoms with van der Waals surface area (Å²) in [5.74, 6) is 0.637. The Hall–Kier alpha value is -1.28. The van der Waals surface area contributed by atoms with Gasteiger partial charge in [-0.3, -0.25) is 0 Å². The monoisotopic (exact) mass is 229 g/mol. The van der Waals surface area contributed by atoms with Gasteiger partial charge in [-0.1, -0.05) is 6.07 Å². The van der Waals surface area contributed by atoms with Crippen LogP contribution < -0.4 is 0 Å². The van der Waals surface area contributed by atoms with E-state index >= 15 is 0 Å². The van der Waals surface area contributed by atoms with E-state index in [0.29, 0.717) is 5.92 Å². The third-order valence-electron chi connectivity index (χ3n) is 3.75. The Morgan fingerprint density at radius 3 is 3.00 bits per heavy atom. The van der Waals surface area contributed by atoms with Crippen LogP contribution in [-0.4, -0.2) is 17.2 Å². The first-order valence-corrected chi connectivity index (χ1v) is 6.35. The van der Waals surface area contributed by atoms with Crippen molar-refractivity contribution in [1.82, 2.24) is 4.98 Å². The fourth-order valence-corrected chi connectivity index (χ4v) is 2.84. The van der Waals surface area contributed by atoms with Crippen molar-refractivity contribution in [3.05, 3.63) is 36.0 Å². The van der Waals surface area contributed by atoms with E-state index in [1.54, 1.807) is 0 Å². The lowest BCUT2D eigenvalue weighted by atomic mass is 9.83. The van der Waals surface area contributed by atoms with Gasteiger partial charge in [0.05, 0.1) is 5.60 Å². The molecule has 2 heteroatoms. The van der Waals surface area contributed by atoms with Crippen molar-refractivity contribution in [3.8, 4) is 0 Å². The van der Waals surface area contributed by atoms with Crippen LogP contribution in [0.5, 0.6) is 0 Å². The predicted molar refractivity (Wildman–Crippen MR) is 70.3 cm³/mol. The van der Waals surface area contributed by atoms with Crippen molar-refractivity contribution < 1.29 is 4.74 Å². The highest BCUT2D eigenvalue weighted by molar-refractivity contribution is 5.80. The Bertz CT molecular complexity index is 526. The van der Waals surface area contributed by atoms with Crippen molar-refractivity contribution in [1.29, 1.82) is 0 Å². The van der Waals surface area contributed by atoms with E-state index < -0.39 is 0 Å². The minimum Gasteiger partial charge on any atom is -0.376 e. The van der Waals surface area contributed by atoms with Gasteiger partial charge in [-0.25, -0.2) is 0 Å². The average molecular weight is 229 g/mol. The molecule has 1 aromatic carbocycles. The summed E-state index contributed by atoms with van der Waals surface area (Å²) in [5.41, 5.74) is 2.70. The van der Waals surface area contributed by atoms with E-state index in [9.17, 15) is 0 Å². The molecule has 0 saturated carbocycles. The second kappa shape index (κ2) is 3.88. The van der Waals surface area contributed by atoms with Crippen LogP contribution in [0.1, 0.15) is 38.2 Å². The first kappa shape index (κ1) is 10.8. The van der Waals surface area contributed by atoms with E-state index in [1.807, 2.05) is 6.20 Å². The molecule has 1 aromatic heterocycles. The number of rotatable bonds is 1. The average Bonchev–Trinajstić information content (AvgIpc) is 2.74. The molecule has 1 fully saturated rings. The molecule has 2 nitrogen and oxygen atoms in total. The van der Waals surface area contributed by atoms with E-state index in [1.165, 1.54) is 16.5 Å². The molecule has 3 rings (SSSR count). The summed E-state index contributed by atoms with van der Waals surface area (Å²) in [7, 11) is 0. The number of aromatic nitrogens is 1. The Morgan fingerprint density at radius 2 is 2.18 bits per heavy atom. The fraction of sp³-hybridized carbons (Fsp3) is 0.467. The van der Waals surface area contributed by atoms with E-state index in [0.717, 1.165) is 19.4 Å². The number of H-pyrrole nitrogens is 1. The molecular weight excluding hydrogens is 210 g/mol. The van der Waals surface area contributed by atoms with Gasteiger partial charge in [-0.15, -0.1) is 0 Å². The Balaban J connectivity index is 1.92. The second-order valence-corrected chi connectivity index (χ2v) is 5.62. The number of hydrogen-bond acceptors (Lipinski definition) is 1. The highest BCUT2D eigenvalue weighted by Gasteiger charge is 2.29. The molecule has 1 saturated heterocycles. The van der Waals surface area contributed by atoms with Crippen LogP contribution >= 0.6 is 0 Å². The molecule has 0 bridgehead atoms. The molecule has 0 aliphatic carbocycles. The quantitative estimate of drug-likeness (QED) is 0.789. The van der Waals surface area contributed by atoms with Gasteiger partial charge in [0, 0.05) is 18.3 Å². The summed E-state index contributed by atoms with van der Waals surface area (Å²) in [6.45, 7) is 5.25. The lowest BCUT2D eigenvalue weighted by Gasteiger charge is -2.35. The zero-order chi connectivity index (χ0) is 11.9. The minimum absolute atomic E-state index is 0.0238. The first-order chi connectivity index (χ1) is 8.14. The summed E-state index contributed by atoms with van der Waals surface area (Å²) in [4.78, 5) is 3.24. The molecule has 1 atom stereocenters. The molecule has 1 aliphatic rings.